The molecular weight excluding hydrogens is 254 g/mol. The molecule has 2 rings (SSSR count). The van der Waals surface area contributed by atoms with Crippen LogP contribution in [0.15, 0.2) is 22.8 Å². The first-order chi connectivity index (χ1) is 6.94. The molecule has 3 nitrogen and oxygen atoms in total. The van der Waals surface area contributed by atoms with E-state index >= 15 is 0 Å². The van der Waals surface area contributed by atoms with E-state index in [1.807, 2.05) is 19.9 Å². The summed E-state index contributed by atoms with van der Waals surface area (Å²) in [4.78, 5) is 7.63. The molecule has 4 heteroatoms. The molecule has 0 aromatic carbocycles. The van der Waals surface area contributed by atoms with Crippen LogP contribution in [-0.2, 0) is 6.42 Å². The second kappa shape index (κ2) is 3.61. The molecule has 2 heterocycles. The van der Waals surface area contributed by atoms with Gasteiger partial charge in [-0.1, -0.05) is 0 Å². The largest absolute Gasteiger partial charge is 0.357 e. The van der Waals surface area contributed by atoms with E-state index in [0.29, 0.717) is 0 Å². The number of hydrogen-bond acceptors (Lipinski definition) is 2. The van der Waals surface area contributed by atoms with E-state index in [2.05, 4.69) is 32.0 Å². The van der Waals surface area contributed by atoms with Crippen LogP contribution in [0.3, 0.4) is 0 Å². The van der Waals surface area contributed by atoms with Gasteiger partial charge in [-0.2, -0.15) is 0 Å². The number of hydrogen-bond donors (Lipinski definition) is 2. The summed E-state index contributed by atoms with van der Waals surface area (Å²) in [7, 11) is 0. The smallest absolute Gasteiger partial charge is 0.0882 e. The van der Waals surface area contributed by atoms with Gasteiger partial charge in [0.25, 0.3) is 0 Å². The van der Waals surface area contributed by atoms with Gasteiger partial charge in [-0.05, 0) is 41.9 Å². The molecule has 0 amide bonds. The van der Waals surface area contributed by atoms with Crippen molar-refractivity contribution in [3.63, 3.8) is 0 Å². The van der Waals surface area contributed by atoms with E-state index in [4.69, 9.17) is 5.73 Å². The Kier molecular flexibility index (Phi) is 2.56. The first-order valence-electron chi connectivity index (χ1n) is 4.86. The van der Waals surface area contributed by atoms with Crippen LogP contribution >= 0.6 is 15.9 Å². The highest BCUT2D eigenvalue weighted by Crippen LogP contribution is 2.19. The topological polar surface area (TPSA) is 54.7 Å². The first-order valence-corrected chi connectivity index (χ1v) is 5.65. The fourth-order valence-corrected chi connectivity index (χ4v) is 1.96. The summed E-state index contributed by atoms with van der Waals surface area (Å²) < 4.78 is 0.982. The highest BCUT2D eigenvalue weighted by molar-refractivity contribution is 9.10. The van der Waals surface area contributed by atoms with Crippen molar-refractivity contribution in [2.24, 2.45) is 5.73 Å². The first kappa shape index (κ1) is 10.6. The summed E-state index contributed by atoms with van der Waals surface area (Å²) >= 11 is 3.40. The van der Waals surface area contributed by atoms with E-state index in [9.17, 15) is 0 Å². The molecule has 0 saturated heterocycles. The predicted molar refractivity (Wildman–Crippen MR) is 65.8 cm³/mol. The number of H-pyrrole nitrogens is 1. The number of nitrogens with zero attached hydrogens (tertiary/aromatic N) is 1. The number of aromatic nitrogens is 2. The molecule has 0 saturated carbocycles. The Morgan fingerprint density at radius 2 is 2.20 bits per heavy atom. The summed E-state index contributed by atoms with van der Waals surface area (Å²) in [6.07, 6.45) is 2.62. The van der Waals surface area contributed by atoms with Crippen molar-refractivity contribution < 1.29 is 0 Å². The predicted octanol–water partition coefficient (Wildman–Crippen LogP) is 2.61. The lowest BCUT2D eigenvalue weighted by molar-refractivity contribution is 0.512. The summed E-state index contributed by atoms with van der Waals surface area (Å²) in [6.45, 7) is 4.03. The van der Waals surface area contributed by atoms with Crippen LogP contribution in [0.25, 0.3) is 11.0 Å². The van der Waals surface area contributed by atoms with Gasteiger partial charge < -0.3 is 10.7 Å². The van der Waals surface area contributed by atoms with Crippen molar-refractivity contribution in [1.82, 2.24) is 9.97 Å². The molecule has 0 fully saturated rings. The van der Waals surface area contributed by atoms with Crippen molar-refractivity contribution >= 4 is 27.0 Å². The number of rotatable bonds is 2. The summed E-state index contributed by atoms with van der Waals surface area (Å²) in [6, 6.07) is 4.08. The van der Waals surface area contributed by atoms with Crippen LogP contribution in [0.4, 0.5) is 0 Å². The molecule has 2 aromatic rings. The summed E-state index contributed by atoms with van der Waals surface area (Å²) in [5, 5.41) is 0. The molecule has 3 N–H and O–H groups in total. The molecule has 0 bridgehead atoms. The van der Waals surface area contributed by atoms with Crippen molar-refractivity contribution in [2.45, 2.75) is 25.8 Å². The molecular formula is C11H14BrN3. The average molecular weight is 268 g/mol. The highest BCUT2D eigenvalue weighted by Gasteiger charge is 2.13. The van der Waals surface area contributed by atoms with Gasteiger partial charge in [0, 0.05) is 28.3 Å². The quantitative estimate of drug-likeness (QED) is 0.879. The van der Waals surface area contributed by atoms with Crippen molar-refractivity contribution in [2.75, 3.05) is 0 Å². The minimum atomic E-state index is -0.196. The molecule has 0 unspecified atom stereocenters. The SMILES string of the molecule is CC(C)(N)Cc1cc2ncc(Br)cc2[nH]1. The van der Waals surface area contributed by atoms with E-state index in [0.717, 1.165) is 27.6 Å². The highest BCUT2D eigenvalue weighted by atomic mass is 79.9. The second-order valence-electron chi connectivity index (χ2n) is 4.55. The maximum Gasteiger partial charge on any atom is 0.0882 e. The van der Waals surface area contributed by atoms with E-state index in [1.165, 1.54) is 0 Å². The zero-order valence-electron chi connectivity index (χ0n) is 8.84. The normalized spacial score (nSPS) is 12.3. The van der Waals surface area contributed by atoms with Gasteiger partial charge in [-0.3, -0.25) is 4.98 Å². The maximum atomic E-state index is 5.97. The number of halogens is 1. The number of fused-ring (bicyclic) bond motifs is 1. The van der Waals surface area contributed by atoms with E-state index in [-0.39, 0.29) is 5.54 Å². The van der Waals surface area contributed by atoms with Gasteiger partial charge in [0.15, 0.2) is 0 Å². The standard InChI is InChI=1S/C11H14BrN3/c1-11(2,13)5-8-4-9-10(15-8)3-7(12)6-14-9/h3-4,6,15H,5,13H2,1-2H3. The van der Waals surface area contributed by atoms with Crippen LogP contribution in [0, 0.1) is 0 Å². The molecule has 0 aliphatic carbocycles. The molecule has 0 aliphatic rings. The Bertz CT molecular complexity index is 482. The molecule has 15 heavy (non-hydrogen) atoms. The second-order valence-corrected chi connectivity index (χ2v) is 5.46. The third-order valence-corrected chi connectivity index (χ3v) is 2.57. The average Bonchev–Trinajstić information content (AvgIpc) is 2.42. The molecule has 0 radical (unpaired) electrons. The van der Waals surface area contributed by atoms with Crippen molar-refractivity contribution in [1.29, 1.82) is 0 Å². The summed E-state index contributed by atoms with van der Waals surface area (Å²) in [5.74, 6) is 0. The Morgan fingerprint density at radius 3 is 2.87 bits per heavy atom. The fourth-order valence-electron chi connectivity index (χ4n) is 1.63. The van der Waals surface area contributed by atoms with Gasteiger partial charge in [-0.25, -0.2) is 0 Å². The van der Waals surface area contributed by atoms with Gasteiger partial charge in [0.1, 0.15) is 0 Å². The molecule has 0 spiro atoms. The Morgan fingerprint density at radius 1 is 1.47 bits per heavy atom. The van der Waals surface area contributed by atoms with Gasteiger partial charge in [0.2, 0.25) is 0 Å². The van der Waals surface area contributed by atoms with Crippen LogP contribution in [0.5, 0.6) is 0 Å². The number of aromatic amines is 1. The molecule has 0 aliphatic heterocycles. The Hall–Kier alpha value is -0.870. The molecule has 0 atom stereocenters. The molecule has 80 valence electrons. The summed E-state index contributed by atoms with van der Waals surface area (Å²) in [5.41, 5.74) is 8.93. The lowest BCUT2D eigenvalue weighted by Gasteiger charge is -2.16. The van der Waals surface area contributed by atoms with Crippen LogP contribution in [0.1, 0.15) is 19.5 Å². The minimum Gasteiger partial charge on any atom is -0.357 e. The lowest BCUT2D eigenvalue weighted by Crippen LogP contribution is -2.34. The zero-order chi connectivity index (χ0) is 11.1. The monoisotopic (exact) mass is 267 g/mol. The number of pyridine rings is 1. The third-order valence-electron chi connectivity index (χ3n) is 2.14. The fraction of sp³-hybridized carbons (Fsp3) is 0.364. The minimum absolute atomic E-state index is 0.196. The van der Waals surface area contributed by atoms with Crippen LogP contribution in [-0.4, -0.2) is 15.5 Å². The van der Waals surface area contributed by atoms with E-state index in [1.54, 1.807) is 6.20 Å². The van der Waals surface area contributed by atoms with Gasteiger partial charge >= 0.3 is 0 Å². The lowest BCUT2D eigenvalue weighted by atomic mass is 10.0. The Balaban J connectivity index is 2.39. The van der Waals surface area contributed by atoms with Crippen molar-refractivity contribution in [3.05, 3.63) is 28.5 Å². The van der Waals surface area contributed by atoms with Crippen molar-refractivity contribution in [3.8, 4) is 0 Å². The van der Waals surface area contributed by atoms with Crippen LogP contribution in [0.2, 0.25) is 0 Å². The van der Waals surface area contributed by atoms with E-state index < -0.39 is 0 Å². The van der Waals surface area contributed by atoms with Gasteiger partial charge in [0.05, 0.1) is 11.0 Å². The number of nitrogens with two attached hydrogens (primary N) is 1. The zero-order valence-corrected chi connectivity index (χ0v) is 10.4. The molecule has 2 aromatic heterocycles. The van der Waals surface area contributed by atoms with Crippen LogP contribution < -0.4 is 5.73 Å². The maximum absolute atomic E-state index is 5.97. The van der Waals surface area contributed by atoms with Gasteiger partial charge in [-0.15, -0.1) is 0 Å². The number of nitrogens with one attached hydrogen (secondary N) is 1. The third kappa shape index (κ3) is 2.58. The Labute approximate surface area is 97.2 Å².